The zero-order chi connectivity index (χ0) is 9.28. The Hall–Kier alpha value is 0.424. The minimum Gasteiger partial charge on any atom is -0.742 e. The van der Waals surface area contributed by atoms with Crippen molar-refractivity contribution < 1.29 is 52.1 Å². The standard InChI is InChI=1S/C4H7O3.C2H4OS.Y/c1-2-7-3-4(5)6;1-2(3)4;/h1-3H2,(H,5,6);1H3,(H,3,4);/q-1;;/p-1. The maximum Gasteiger partial charge on any atom is 0.329 e. The van der Waals surface area contributed by atoms with Crippen molar-refractivity contribution in [2.45, 2.75) is 6.92 Å². The number of carboxylic acid groups (broad SMARTS) is 1. The first-order chi connectivity index (χ1) is 5.00. The Morgan fingerprint density at radius 3 is 2.00 bits per heavy atom. The summed E-state index contributed by atoms with van der Waals surface area (Å²) in [6, 6.07) is 0. The summed E-state index contributed by atoms with van der Waals surface area (Å²) in [5.41, 5.74) is 0. The van der Waals surface area contributed by atoms with Gasteiger partial charge in [0.25, 0.3) is 0 Å². The molecule has 4 nitrogen and oxygen atoms in total. The third-order valence-corrected chi connectivity index (χ3v) is 0.370. The summed E-state index contributed by atoms with van der Waals surface area (Å²) in [5, 5.41) is 7.64. The van der Waals surface area contributed by atoms with Crippen molar-refractivity contribution in [2.24, 2.45) is 0 Å². The Balaban J connectivity index is -0.000000142. The molecule has 0 rings (SSSR count). The van der Waals surface area contributed by atoms with Gasteiger partial charge in [0, 0.05) is 37.8 Å². The summed E-state index contributed by atoms with van der Waals surface area (Å²) in [6.45, 7) is 4.58. The smallest absolute Gasteiger partial charge is 0.329 e. The van der Waals surface area contributed by atoms with Crippen LogP contribution >= 0.6 is 0 Å². The Morgan fingerprint density at radius 2 is 1.92 bits per heavy atom. The summed E-state index contributed by atoms with van der Waals surface area (Å²) in [4.78, 5) is 18.9. The van der Waals surface area contributed by atoms with Gasteiger partial charge in [-0.1, -0.05) is 6.61 Å². The Bertz CT molecular complexity index is 125. The quantitative estimate of drug-likeness (QED) is 0.576. The van der Waals surface area contributed by atoms with Crippen LogP contribution in [0.4, 0.5) is 0 Å². The van der Waals surface area contributed by atoms with Crippen molar-refractivity contribution in [3.63, 3.8) is 0 Å². The van der Waals surface area contributed by atoms with Crippen LogP contribution in [0.1, 0.15) is 6.92 Å². The fourth-order valence-corrected chi connectivity index (χ4v) is 0.159. The number of carbonyl (C=O) groups is 2. The molecule has 12 heavy (non-hydrogen) atoms. The largest absolute Gasteiger partial charge is 0.742 e. The van der Waals surface area contributed by atoms with E-state index in [-0.39, 0.29) is 51.0 Å². The van der Waals surface area contributed by atoms with Gasteiger partial charge in [-0.3, -0.25) is 0 Å². The summed E-state index contributed by atoms with van der Waals surface area (Å²) in [5.74, 6) is -0.955. The summed E-state index contributed by atoms with van der Waals surface area (Å²) in [6.07, 6.45) is 0. The third kappa shape index (κ3) is 47.3. The van der Waals surface area contributed by atoms with E-state index in [2.05, 4.69) is 24.3 Å². The molecule has 0 unspecified atom stereocenters. The second-order valence-electron chi connectivity index (χ2n) is 1.44. The molecule has 0 atom stereocenters. The predicted octanol–water partition coefficient (Wildman–Crippen LogP) is -0.00101. The van der Waals surface area contributed by atoms with Gasteiger partial charge in [-0.2, -0.15) is 0 Å². The van der Waals surface area contributed by atoms with Gasteiger partial charge in [-0.05, 0) is 6.92 Å². The van der Waals surface area contributed by atoms with Crippen LogP contribution in [0.25, 0.3) is 0 Å². The van der Waals surface area contributed by atoms with E-state index >= 15 is 0 Å². The minimum atomic E-state index is -0.955. The van der Waals surface area contributed by atoms with E-state index in [1.54, 1.807) is 0 Å². The van der Waals surface area contributed by atoms with Crippen molar-refractivity contribution in [1.29, 1.82) is 0 Å². The van der Waals surface area contributed by atoms with Crippen LogP contribution < -0.4 is 0 Å². The molecule has 0 fully saturated rings. The van der Waals surface area contributed by atoms with Crippen LogP contribution in [0, 0.1) is 6.92 Å². The number of ether oxygens (including phenoxy) is 1. The monoisotopic (exact) mass is 267 g/mol. The van der Waals surface area contributed by atoms with E-state index in [0.717, 1.165) is 0 Å². The van der Waals surface area contributed by atoms with Gasteiger partial charge in [0.1, 0.15) is 6.61 Å². The van der Waals surface area contributed by atoms with E-state index in [4.69, 9.17) is 5.11 Å². The molecular formula is C6H10O4SY-2. The molecule has 1 radical (unpaired) electrons. The molecule has 0 aliphatic heterocycles. The summed E-state index contributed by atoms with van der Waals surface area (Å²) >= 11 is 3.98. The Labute approximate surface area is 102 Å². The Morgan fingerprint density at radius 1 is 1.58 bits per heavy atom. The van der Waals surface area contributed by atoms with Gasteiger partial charge in [-0.25, -0.2) is 4.79 Å². The van der Waals surface area contributed by atoms with Crippen molar-refractivity contribution in [1.82, 2.24) is 0 Å². The molecule has 0 heterocycles. The van der Waals surface area contributed by atoms with Crippen LogP contribution in [0.2, 0.25) is 0 Å². The zero-order valence-electron chi connectivity index (χ0n) is 6.78. The minimum absolute atomic E-state index is 0. The van der Waals surface area contributed by atoms with E-state index in [0.29, 0.717) is 0 Å². The molecule has 0 aliphatic carbocycles. The maximum atomic E-state index is 9.61. The van der Waals surface area contributed by atoms with E-state index in [1.807, 2.05) is 0 Å². The first-order valence-corrected chi connectivity index (χ1v) is 3.18. The van der Waals surface area contributed by atoms with E-state index in [9.17, 15) is 9.59 Å². The number of rotatable bonds is 3. The number of carbonyl (C=O) groups excluding carboxylic acids is 1. The molecule has 0 amide bonds. The normalized spacial score (nSPS) is 7.17. The molecule has 69 valence electrons. The van der Waals surface area contributed by atoms with E-state index in [1.165, 1.54) is 6.92 Å². The first-order valence-electron chi connectivity index (χ1n) is 2.77. The second-order valence-corrected chi connectivity index (χ2v) is 2.01. The first kappa shape index (κ1) is 18.3. The summed E-state index contributed by atoms with van der Waals surface area (Å²) in [7, 11) is 0. The molecule has 0 aromatic heterocycles. The number of aliphatic carboxylic acids is 1. The van der Waals surface area contributed by atoms with Gasteiger partial charge >= 0.3 is 5.97 Å². The summed E-state index contributed by atoms with van der Waals surface area (Å²) < 4.78 is 4.38. The van der Waals surface area contributed by atoms with Gasteiger partial charge in [0.05, 0.1) is 0 Å². The van der Waals surface area contributed by atoms with Crippen LogP contribution in [-0.4, -0.2) is 29.4 Å². The average Bonchev–Trinajstić information content (AvgIpc) is 1.82. The van der Waals surface area contributed by atoms with Crippen LogP contribution in [0.15, 0.2) is 0 Å². The van der Waals surface area contributed by atoms with Gasteiger partial charge in [0.15, 0.2) is 0 Å². The third-order valence-electron chi connectivity index (χ3n) is 0.370. The molecule has 0 aromatic rings. The van der Waals surface area contributed by atoms with Crippen molar-refractivity contribution in [3.05, 3.63) is 6.92 Å². The predicted molar refractivity (Wildman–Crippen MR) is 41.9 cm³/mol. The van der Waals surface area contributed by atoms with Crippen LogP contribution in [0.3, 0.4) is 0 Å². The fourth-order valence-electron chi connectivity index (χ4n) is 0.159. The number of hydrogen-bond donors (Lipinski definition) is 1. The number of carboxylic acids is 1. The SMILES string of the molecule is CC(=O)[S-].[CH2-]COCC(=O)O.[Y]. The Kier molecular flexibility index (Phi) is 21.3. The maximum absolute atomic E-state index is 9.61. The molecule has 0 saturated carbocycles. The van der Waals surface area contributed by atoms with Crippen molar-refractivity contribution in [2.75, 3.05) is 13.2 Å². The fraction of sp³-hybridized carbons (Fsp3) is 0.500. The second kappa shape index (κ2) is 14.0. The molecule has 0 aromatic carbocycles. The zero-order valence-corrected chi connectivity index (χ0v) is 10.4. The topological polar surface area (TPSA) is 63.6 Å². The molecule has 0 saturated heterocycles. The molecule has 1 N–H and O–H groups in total. The van der Waals surface area contributed by atoms with Gasteiger partial charge < -0.3 is 34.2 Å². The van der Waals surface area contributed by atoms with Crippen molar-refractivity contribution >= 4 is 23.7 Å². The van der Waals surface area contributed by atoms with Gasteiger partial charge in [-0.15, -0.1) is 0 Å². The van der Waals surface area contributed by atoms with Gasteiger partial charge in [0.2, 0.25) is 0 Å². The average molecular weight is 267 g/mol. The van der Waals surface area contributed by atoms with Crippen LogP contribution in [-0.2, 0) is 59.7 Å². The molecule has 6 heteroatoms. The molecule has 0 bridgehead atoms. The van der Waals surface area contributed by atoms with Crippen LogP contribution in [0.5, 0.6) is 0 Å². The number of hydrogen-bond acceptors (Lipinski definition) is 4. The molecule has 0 aliphatic rings. The molecule has 0 spiro atoms. The molecular weight excluding hydrogens is 257 g/mol. The van der Waals surface area contributed by atoms with Crippen molar-refractivity contribution in [3.8, 4) is 0 Å². The van der Waals surface area contributed by atoms with E-state index < -0.39 is 5.97 Å².